The van der Waals surface area contributed by atoms with E-state index in [2.05, 4.69) is 10.3 Å². The highest BCUT2D eigenvalue weighted by Gasteiger charge is 2.36. The number of nitrogens with one attached hydrogen (secondary N) is 1. The SMILES string of the molecule is CN1C[C@H](C(=O)N2CCc3nc([C@@H]4CCCNC4)ncc3C2)CC1=O. The molecule has 0 unspecified atom stereocenters. The number of nitrogens with zero attached hydrogens (tertiary/aromatic N) is 4. The Balaban J connectivity index is 1.44. The van der Waals surface area contributed by atoms with Gasteiger partial charge in [0.05, 0.1) is 11.6 Å². The number of rotatable bonds is 2. The summed E-state index contributed by atoms with van der Waals surface area (Å²) in [6.45, 7) is 3.81. The van der Waals surface area contributed by atoms with E-state index in [-0.39, 0.29) is 17.7 Å². The predicted molar refractivity (Wildman–Crippen MR) is 91.7 cm³/mol. The molecule has 0 saturated carbocycles. The summed E-state index contributed by atoms with van der Waals surface area (Å²) >= 11 is 0. The van der Waals surface area contributed by atoms with Gasteiger partial charge in [-0.2, -0.15) is 0 Å². The molecule has 7 nitrogen and oxygen atoms in total. The molecule has 0 bridgehead atoms. The fraction of sp³-hybridized carbons (Fsp3) is 0.667. The van der Waals surface area contributed by atoms with Crippen LogP contribution in [-0.4, -0.2) is 64.8 Å². The summed E-state index contributed by atoms with van der Waals surface area (Å²) in [5.74, 6) is 1.29. The zero-order chi connectivity index (χ0) is 17.4. The van der Waals surface area contributed by atoms with Crippen molar-refractivity contribution in [3.05, 3.63) is 23.3 Å². The first-order valence-corrected chi connectivity index (χ1v) is 9.20. The largest absolute Gasteiger partial charge is 0.345 e. The first kappa shape index (κ1) is 16.4. The van der Waals surface area contributed by atoms with Crippen molar-refractivity contribution in [2.24, 2.45) is 5.92 Å². The minimum Gasteiger partial charge on any atom is -0.345 e. The standard InChI is InChI=1S/C18H25N5O2/c1-22-10-13(7-16(22)24)18(25)23-6-4-15-14(11-23)9-20-17(21-15)12-3-2-5-19-8-12/h9,12-13,19H,2-8,10-11H2,1H3/t12-,13-/m1/s1. The topological polar surface area (TPSA) is 78.4 Å². The number of likely N-dealkylation sites (tertiary alicyclic amines) is 1. The Morgan fingerprint density at radius 3 is 3.00 bits per heavy atom. The molecule has 0 spiro atoms. The third-order valence-corrected chi connectivity index (χ3v) is 5.62. The number of hydrogen-bond acceptors (Lipinski definition) is 5. The van der Waals surface area contributed by atoms with Crippen LogP contribution >= 0.6 is 0 Å². The van der Waals surface area contributed by atoms with Crippen molar-refractivity contribution in [1.82, 2.24) is 25.1 Å². The van der Waals surface area contributed by atoms with Crippen molar-refractivity contribution >= 4 is 11.8 Å². The Bertz CT molecular complexity index is 686. The minimum atomic E-state index is -0.201. The van der Waals surface area contributed by atoms with Crippen LogP contribution in [0.5, 0.6) is 0 Å². The van der Waals surface area contributed by atoms with Gasteiger partial charge in [-0.1, -0.05) is 0 Å². The minimum absolute atomic E-state index is 0.0600. The smallest absolute Gasteiger partial charge is 0.228 e. The molecule has 1 aromatic rings. The van der Waals surface area contributed by atoms with Crippen molar-refractivity contribution in [3.8, 4) is 0 Å². The van der Waals surface area contributed by atoms with E-state index in [0.717, 1.165) is 43.0 Å². The molecule has 0 aromatic carbocycles. The van der Waals surface area contributed by atoms with Crippen LogP contribution in [0.15, 0.2) is 6.20 Å². The molecule has 3 aliphatic heterocycles. The molecule has 0 aliphatic carbocycles. The van der Waals surface area contributed by atoms with Gasteiger partial charge < -0.3 is 15.1 Å². The van der Waals surface area contributed by atoms with Gasteiger partial charge >= 0.3 is 0 Å². The summed E-state index contributed by atoms with van der Waals surface area (Å²) in [6, 6.07) is 0. The van der Waals surface area contributed by atoms with Gasteiger partial charge in [-0.15, -0.1) is 0 Å². The Labute approximate surface area is 147 Å². The number of carbonyl (C=O) groups is 2. The van der Waals surface area contributed by atoms with Gasteiger partial charge in [-0.3, -0.25) is 9.59 Å². The second kappa shape index (κ2) is 6.71. The van der Waals surface area contributed by atoms with Crippen LogP contribution in [-0.2, 0) is 22.6 Å². The van der Waals surface area contributed by atoms with Gasteiger partial charge in [0.1, 0.15) is 5.82 Å². The summed E-state index contributed by atoms with van der Waals surface area (Å²) in [5.41, 5.74) is 2.13. The molecule has 4 rings (SSSR count). The Morgan fingerprint density at radius 2 is 2.28 bits per heavy atom. The Morgan fingerprint density at radius 1 is 1.40 bits per heavy atom. The molecular formula is C18H25N5O2. The lowest BCUT2D eigenvalue weighted by Gasteiger charge is -2.30. The summed E-state index contributed by atoms with van der Waals surface area (Å²) in [5, 5.41) is 3.41. The van der Waals surface area contributed by atoms with Crippen LogP contribution < -0.4 is 5.32 Å². The number of aromatic nitrogens is 2. The van der Waals surface area contributed by atoms with E-state index in [1.807, 2.05) is 11.1 Å². The summed E-state index contributed by atoms with van der Waals surface area (Å²) in [7, 11) is 1.76. The van der Waals surface area contributed by atoms with Crippen molar-refractivity contribution < 1.29 is 9.59 Å². The van der Waals surface area contributed by atoms with Crippen LogP contribution in [0.2, 0.25) is 0 Å². The van der Waals surface area contributed by atoms with Crippen molar-refractivity contribution in [2.45, 2.75) is 38.1 Å². The Hall–Kier alpha value is -2.02. The van der Waals surface area contributed by atoms with Crippen molar-refractivity contribution in [3.63, 3.8) is 0 Å². The van der Waals surface area contributed by atoms with Gasteiger partial charge in [0, 0.05) is 63.7 Å². The van der Waals surface area contributed by atoms with E-state index in [1.165, 1.54) is 6.42 Å². The third kappa shape index (κ3) is 3.25. The van der Waals surface area contributed by atoms with Crippen LogP contribution in [0.3, 0.4) is 0 Å². The van der Waals surface area contributed by atoms with Crippen LogP contribution in [0.4, 0.5) is 0 Å². The monoisotopic (exact) mass is 343 g/mol. The average molecular weight is 343 g/mol. The summed E-state index contributed by atoms with van der Waals surface area (Å²) in [4.78, 5) is 37.3. The maximum absolute atomic E-state index is 12.7. The lowest BCUT2D eigenvalue weighted by Crippen LogP contribution is -2.41. The zero-order valence-electron chi connectivity index (χ0n) is 14.7. The normalized spacial score (nSPS) is 26.7. The molecule has 25 heavy (non-hydrogen) atoms. The number of piperidine rings is 1. The average Bonchev–Trinajstić information content (AvgIpc) is 2.99. The van der Waals surface area contributed by atoms with Crippen molar-refractivity contribution in [2.75, 3.05) is 33.2 Å². The van der Waals surface area contributed by atoms with Crippen LogP contribution in [0, 0.1) is 5.92 Å². The molecule has 1 aromatic heterocycles. The first-order chi connectivity index (χ1) is 12.1. The van der Waals surface area contributed by atoms with Gasteiger partial charge in [0.25, 0.3) is 0 Å². The number of carbonyl (C=O) groups excluding carboxylic acids is 2. The van der Waals surface area contributed by atoms with E-state index in [1.54, 1.807) is 11.9 Å². The Kier molecular flexibility index (Phi) is 4.41. The summed E-state index contributed by atoms with van der Waals surface area (Å²) < 4.78 is 0. The van der Waals surface area contributed by atoms with E-state index in [4.69, 9.17) is 4.98 Å². The molecule has 4 heterocycles. The molecule has 2 amide bonds. The van der Waals surface area contributed by atoms with E-state index >= 15 is 0 Å². The molecule has 1 N–H and O–H groups in total. The van der Waals surface area contributed by atoms with Gasteiger partial charge in [0.15, 0.2) is 0 Å². The molecule has 2 fully saturated rings. The fourth-order valence-electron chi connectivity index (χ4n) is 4.08. The van der Waals surface area contributed by atoms with Gasteiger partial charge in [0.2, 0.25) is 11.8 Å². The maximum Gasteiger partial charge on any atom is 0.228 e. The molecule has 134 valence electrons. The lowest BCUT2D eigenvalue weighted by molar-refractivity contribution is -0.136. The number of hydrogen-bond donors (Lipinski definition) is 1. The molecule has 2 saturated heterocycles. The van der Waals surface area contributed by atoms with Crippen molar-refractivity contribution in [1.29, 1.82) is 0 Å². The second-order valence-electron chi connectivity index (χ2n) is 7.43. The van der Waals surface area contributed by atoms with Gasteiger partial charge in [-0.25, -0.2) is 9.97 Å². The highest BCUT2D eigenvalue weighted by molar-refractivity contribution is 5.89. The highest BCUT2D eigenvalue weighted by atomic mass is 16.2. The maximum atomic E-state index is 12.7. The predicted octanol–water partition coefficient (Wildman–Crippen LogP) is 0.307. The highest BCUT2D eigenvalue weighted by Crippen LogP contribution is 2.25. The van der Waals surface area contributed by atoms with E-state index < -0.39 is 0 Å². The second-order valence-corrected chi connectivity index (χ2v) is 7.43. The molecule has 7 heteroatoms. The zero-order valence-corrected chi connectivity index (χ0v) is 14.7. The van der Waals surface area contributed by atoms with Crippen LogP contribution in [0.25, 0.3) is 0 Å². The first-order valence-electron chi connectivity index (χ1n) is 9.20. The summed E-state index contributed by atoms with van der Waals surface area (Å²) in [6.07, 6.45) is 5.31. The lowest BCUT2D eigenvalue weighted by atomic mass is 9.97. The van der Waals surface area contributed by atoms with Gasteiger partial charge in [-0.05, 0) is 19.4 Å². The molecule has 3 aliphatic rings. The molecule has 2 atom stereocenters. The fourth-order valence-corrected chi connectivity index (χ4v) is 4.08. The molecule has 0 radical (unpaired) electrons. The van der Waals surface area contributed by atoms with Crippen LogP contribution in [0.1, 0.15) is 42.3 Å². The molecular weight excluding hydrogens is 318 g/mol. The number of fused-ring (bicyclic) bond motifs is 1. The third-order valence-electron chi connectivity index (χ3n) is 5.62. The quantitative estimate of drug-likeness (QED) is 0.836. The van der Waals surface area contributed by atoms with E-state index in [0.29, 0.717) is 32.0 Å². The van der Waals surface area contributed by atoms with E-state index in [9.17, 15) is 9.59 Å². The number of amides is 2.